The molecule has 4 heterocycles. The fraction of sp³-hybridized carbons (Fsp3) is 0.250. The van der Waals surface area contributed by atoms with Crippen LogP contribution in [0.15, 0.2) is 122 Å². The Labute approximate surface area is 356 Å². The topological polar surface area (TPSA) is 202 Å². The Hall–Kier alpha value is -7.16. The molecule has 8 aromatic rings. The zero-order chi connectivity index (χ0) is 42.4. The highest BCUT2D eigenvalue weighted by Gasteiger charge is 2.28. The predicted molar refractivity (Wildman–Crippen MR) is 231 cm³/mol. The molecule has 0 saturated heterocycles. The van der Waals surface area contributed by atoms with E-state index in [1.165, 1.54) is 0 Å². The van der Waals surface area contributed by atoms with E-state index in [-0.39, 0.29) is 35.6 Å². The molecule has 14 nitrogen and oxygen atoms in total. The largest absolute Gasteiger partial charge is 0.437 e. The van der Waals surface area contributed by atoms with Crippen LogP contribution in [0.2, 0.25) is 0 Å². The zero-order valence-electron chi connectivity index (χ0n) is 33.7. The number of nitrogens with zero attached hydrogens (tertiary/aromatic N) is 6. The number of aliphatic hydroxyl groups is 2. The van der Waals surface area contributed by atoms with E-state index >= 15 is 0 Å². The second-order valence-corrected chi connectivity index (χ2v) is 15.6. The zero-order valence-corrected chi connectivity index (χ0v) is 33.7. The van der Waals surface area contributed by atoms with Crippen molar-refractivity contribution in [3.63, 3.8) is 0 Å². The molecule has 312 valence electrons. The Morgan fingerprint density at radius 3 is 1.32 bits per heavy atom. The number of imidazole rings is 2. The summed E-state index contributed by atoms with van der Waals surface area (Å²) in [6.45, 7) is 0. The van der Waals surface area contributed by atoms with Crippen LogP contribution in [0.5, 0.6) is 23.3 Å². The average molecular weight is 829 g/mol. The lowest BCUT2D eigenvalue weighted by Crippen LogP contribution is -2.19. The quantitative estimate of drug-likeness (QED) is 0.0956. The predicted octanol–water partition coefficient (Wildman–Crippen LogP) is 8.79. The lowest BCUT2D eigenvalue weighted by molar-refractivity contribution is 0.102. The summed E-state index contributed by atoms with van der Waals surface area (Å²) >= 11 is 0. The minimum Gasteiger partial charge on any atom is -0.437 e. The molecular formula is C48H44N8O6. The maximum Gasteiger partial charge on any atom is 0.241 e. The van der Waals surface area contributed by atoms with Crippen molar-refractivity contribution in [1.82, 2.24) is 39.9 Å². The molecule has 14 heteroatoms. The van der Waals surface area contributed by atoms with Gasteiger partial charge in [-0.15, -0.1) is 0 Å². The number of aromatic nitrogens is 8. The van der Waals surface area contributed by atoms with Gasteiger partial charge in [-0.2, -0.15) is 0 Å². The third kappa shape index (κ3) is 9.11. The maximum absolute atomic E-state index is 12.8. The molecule has 4 aromatic carbocycles. The van der Waals surface area contributed by atoms with Crippen molar-refractivity contribution in [2.24, 2.45) is 0 Å². The van der Waals surface area contributed by atoms with Crippen LogP contribution in [-0.4, -0.2) is 73.9 Å². The highest BCUT2D eigenvalue weighted by Crippen LogP contribution is 2.38. The number of ketones is 2. The van der Waals surface area contributed by atoms with E-state index in [4.69, 9.17) is 9.47 Å². The Morgan fingerprint density at radius 2 is 0.919 bits per heavy atom. The van der Waals surface area contributed by atoms with Crippen LogP contribution in [0, 0.1) is 0 Å². The normalized spacial score (nSPS) is 18.7. The van der Waals surface area contributed by atoms with Crippen LogP contribution >= 0.6 is 0 Å². The van der Waals surface area contributed by atoms with E-state index in [9.17, 15) is 19.8 Å². The highest BCUT2D eigenvalue weighted by molar-refractivity contribution is 6.08. The van der Waals surface area contributed by atoms with E-state index in [0.717, 1.165) is 72.0 Å². The smallest absolute Gasteiger partial charge is 0.241 e. The molecule has 62 heavy (non-hydrogen) atoms. The number of aromatic amines is 2. The summed E-state index contributed by atoms with van der Waals surface area (Å²) in [6.07, 6.45) is 12.7. The van der Waals surface area contributed by atoms with Gasteiger partial charge < -0.3 is 29.7 Å². The van der Waals surface area contributed by atoms with Crippen molar-refractivity contribution in [1.29, 1.82) is 0 Å². The number of benzene rings is 4. The Bertz CT molecular complexity index is 2560. The monoisotopic (exact) mass is 828 g/mol. The SMILES string of the molecule is O=C(c1ccc(Oc2nccnc2[C@@H]2CCC[C@H](O)C2)cc1)c1nc2ccccc2[nH]1.O=C(c1ccc(Oc2nccnc2[C@H]2CCC[C@@H](O)C2)cc1)c1nc2ccccc2[nH]1. The number of carbonyl (C=O) groups is 2. The first-order valence-electron chi connectivity index (χ1n) is 20.9. The second kappa shape index (κ2) is 18.2. The van der Waals surface area contributed by atoms with E-state index in [1.807, 2.05) is 48.5 Å². The van der Waals surface area contributed by atoms with Crippen molar-refractivity contribution < 1.29 is 29.3 Å². The number of nitrogens with one attached hydrogen (secondary N) is 2. The van der Waals surface area contributed by atoms with Crippen LogP contribution in [0.3, 0.4) is 0 Å². The van der Waals surface area contributed by atoms with Crippen LogP contribution in [0.25, 0.3) is 22.1 Å². The third-order valence-electron chi connectivity index (χ3n) is 11.3. The number of hydrogen-bond donors (Lipinski definition) is 4. The molecule has 4 N–H and O–H groups in total. The average Bonchev–Trinajstić information content (AvgIpc) is 3.95. The van der Waals surface area contributed by atoms with E-state index in [2.05, 4.69) is 39.9 Å². The van der Waals surface area contributed by atoms with Crippen LogP contribution < -0.4 is 9.47 Å². The van der Waals surface area contributed by atoms with Crippen molar-refractivity contribution in [3.8, 4) is 23.3 Å². The molecule has 2 fully saturated rings. The molecule has 2 aliphatic rings. The summed E-state index contributed by atoms with van der Waals surface area (Å²) in [5, 5.41) is 20.0. The molecule has 4 atom stereocenters. The van der Waals surface area contributed by atoms with Crippen LogP contribution in [-0.2, 0) is 0 Å². The lowest BCUT2D eigenvalue weighted by Gasteiger charge is -2.26. The number of para-hydroxylation sites is 4. The van der Waals surface area contributed by atoms with Gasteiger partial charge in [-0.1, -0.05) is 37.1 Å². The highest BCUT2D eigenvalue weighted by atomic mass is 16.5. The summed E-state index contributed by atoms with van der Waals surface area (Å²) in [7, 11) is 0. The first-order valence-corrected chi connectivity index (χ1v) is 20.9. The second-order valence-electron chi connectivity index (χ2n) is 15.6. The van der Waals surface area contributed by atoms with Crippen molar-refractivity contribution in [2.45, 2.75) is 75.4 Å². The number of ether oxygens (including phenoxy) is 2. The number of rotatable bonds is 10. The molecule has 2 saturated carbocycles. The summed E-state index contributed by atoms with van der Waals surface area (Å²) in [4.78, 5) is 58.1. The van der Waals surface area contributed by atoms with Gasteiger partial charge in [0, 0.05) is 47.8 Å². The summed E-state index contributed by atoms with van der Waals surface area (Å²) in [5.74, 6) is 2.53. The number of fused-ring (bicyclic) bond motifs is 2. The van der Waals surface area contributed by atoms with Gasteiger partial charge in [0.2, 0.25) is 23.3 Å². The lowest BCUT2D eigenvalue weighted by atomic mass is 9.85. The standard InChI is InChI=1S/2C24H22N4O3/c2*29-17-5-3-4-16(14-17)21-24(26-13-12-25-21)31-18-10-8-15(9-11-18)22(30)23-27-19-6-1-2-7-20(19)28-23/h2*1-2,6-13,16-17,29H,3-5,14H2,(H,27,28)/t2*16-,17+/m10/s1. The van der Waals surface area contributed by atoms with Crippen LogP contribution in [0.1, 0.15) is 107 Å². The van der Waals surface area contributed by atoms with Gasteiger partial charge in [0.25, 0.3) is 0 Å². The fourth-order valence-electron chi connectivity index (χ4n) is 8.18. The first kappa shape index (κ1) is 40.3. The Morgan fingerprint density at radius 1 is 0.516 bits per heavy atom. The molecule has 0 bridgehead atoms. The minimum absolute atomic E-state index is 0.126. The van der Waals surface area contributed by atoms with Crippen molar-refractivity contribution in [3.05, 3.63) is 156 Å². The van der Waals surface area contributed by atoms with Gasteiger partial charge >= 0.3 is 0 Å². The Kier molecular flexibility index (Phi) is 11.8. The van der Waals surface area contributed by atoms with Gasteiger partial charge in [0.05, 0.1) is 34.3 Å². The van der Waals surface area contributed by atoms with Gasteiger partial charge in [-0.05, 0) is 111 Å². The van der Waals surface area contributed by atoms with E-state index < -0.39 is 0 Å². The molecule has 4 aromatic heterocycles. The summed E-state index contributed by atoms with van der Waals surface area (Å²) in [6, 6.07) is 28.9. The summed E-state index contributed by atoms with van der Waals surface area (Å²) in [5.41, 5.74) is 5.74. The van der Waals surface area contributed by atoms with Gasteiger partial charge in [0.15, 0.2) is 11.6 Å². The molecular weight excluding hydrogens is 785 g/mol. The van der Waals surface area contributed by atoms with E-state index in [0.29, 0.717) is 58.9 Å². The number of hydrogen-bond acceptors (Lipinski definition) is 12. The molecule has 0 aliphatic heterocycles. The fourth-order valence-corrected chi connectivity index (χ4v) is 8.18. The molecule has 0 amide bonds. The Balaban J connectivity index is 0.000000158. The van der Waals surface area contributed by atoms with Crippen molar-refractivity contribution >= 4 is 33.6 Å². The minimum atomic E-state index is -0.308. The summed E-state index contributed by atoms with van der Waals surface area (Å²) < 4.78 is 12.0. The van der Waals surface area contributed by atoms with E-state index in [1.54, 1.807) is 73.3 Å². The molecule has 0 spiro atoms. The molecule has 0 unspecified atom stereocenters. The number of aliphatic hydroxyl groups excluding tert-OH is 2. The molecule has 2 aliphatic carbocycles. The van der Waals surface area contributed by atoms with Crippen molar-refractivity contribution in [2.75, 3.05) is 0 Å². The molecule has 10 rings (SSSR count). The first-order chi connectivity index (χ1) is 30.3. The van der Waals surface area contributed by atoms with Gasteiger partial charge in [-0.3, -0.25) is 19.6 Å². The number of carbonyl (C=O) groups excluding carboxylic acids is 2. The van der Waals surface area contributed by atoms with Crippen LogP contribution in [0.4, 0.5) is 0 Å². The maximum atomic E-state index is 12.8. The van der Waals surface area contributed by atoms with Gasteiger partial charge in [-0.25, -0.2) is 19.9 Å². The molecule has 0 radical (unpaired) electrons. The van der Waals surface area contributed by atoms with Gasteiger partial charge in [0.1, 0.15) is 22.9 Å². The number of H-pyrrole nitrogens is 2. The third-order valence-corrected chi connectivity index (χ3v) is 11.3.